The van der Waals surface area contributed by atoms with E-state index in [0.717, 1.165) is 0 Å². The first-order valence-electron chi connectivity index (χ1n) is 4.86. The average molecular weight is 378 g/mol. The fraction of sp³-hybridized carbons (Fsp3) is 0.100. The summed E-state index contributed by atoms with van der Waals surface area (Å²) < 4.78 is 14.9. The number of carbonyl (C=O) groups is 1. The lowest BCUT2D eigenvalue weighted by molar-refractivity contribution is -0.116. The highest BCUT2D eigenvalue weighted by molar-refractivity contribution is 9.11. The molecule has 1 amide bonds. The molecule has 1 N–H and O–H groups in total. The van der Waals surface area contributed by atoms with Crippen LogP contribution in [0.4, 0.5) is 10.1 Å². The van der Waals surface area contributed by atoms with Crippen LogP contribution in [0.1, 0.15) is 0 Å². The van der Waals surface area contributed by atoms with Gasteiger partial charge >= 0.3 is 0 Å². The molecular weight excluding hydrogens is 371 g/mol. The van der Waals surface area contributed by atoms with Crippen molar-refractivity contribution in [2.75, 3.05) is 5.32 Å². The van der Waals surface area contributed by atoms with Crippen molar-refractivity contribution >= 4 is 43.5 Å². The van der Waals surface area contributed by atoms with Gasteiger partial charge in [0.15, 0.2) is 4.73 Å². The molecule has 2 rings (SSSR count). The molecule has 0 aliphatic rings. The van der Waals surface area contributed by atoms with Gasteiger partial charge in [0, 0.05) is 5.69 Å². The Morgan fingerprint density at radius 3 is 2.56 bits per heavy atom. The van der Waals surface area contributed by atoms with Crippen molar-refractivity contribution in [3.8, 4) is 0 Å². The van der Waals surface area contributed by atoms with Gasteiger partial charge in [0.1, 0.15) is 12.4 Å². The van der Waals surface area contributed by atoms with E-state index in [1.165, 1.54) is 28.9 Å². The Bertz CT molecular complexity index is 570. The SMILES string of the molecule is O=C(Cn1nc(Br)nc1Br)Nc1ccc(F)cc1. The number of carbonyl (C=O) groups excluding carboxylic acids is 1. The summed E-state index contributed by atoms with van der Waals surface area (Å²) in [6, 6.07) is 5.52. The number of nitrogens with zero attached hydrogens (tertiary/aromatic N) is 3. The molecule has 0 saturated heterocycles. The number of rotatable bonds is 3. The summed E-state index contributed by atoms with van der Waals surface area (Å²) >= 11 is 6.27. The summed E-state index contributed by atoms with van der Waals surface area (Å²) in [4.78, 5) is 15.6. The number of hydrogen-bond acceptors (Lipinski definition) is 3. The fourth-order valence-corrected chi connectivity index (χ4v) is 2.24. The molecule has 1 aromatic heterocycles. The number of anilines is 1. The molecule has 5 nitrogen and oxygen atoms in total. The van der Waals surface area contributed by atoms with Gasteiger partial charge in [-0.05, 0) is 56.1 Å². The lowest BCUT2D eigenvalue weighted by Crippen LogP contribution is -2.19. The van der Waals surface area contributed by atoms with E-state index in [-0.39, 0.29) is 18.3 Å². The summed E-state index contributed by atoms with van der Waals surface area (Å²) in [7, 11) is 0. The minimum absolute atomic E-state index is 0.0105. The Labute approximate surface area is 119 Å². The van der Waals surface area contributed by atoms with E-state index in [4.69, 9.17) is 0 Å². The summed E-state index contributed by atoms with van der Waals surface area (Å²) in [5, 5.41) is 6.58. The zero-order valence-corrected chi connectivity index (χ0v) is 12.1. The third-order valence-electron chi connectivity index (χ3n) is 2.02. The zero-order chi connectivity index (χ0) is 13.1. The third kappa shape index (κ3) is 3.36. The van der Waals surface area contributed by atoms with Gasteiger partial charge in [0.25, 0.3) is 0 Å². The Morgan fingerprint density at radius 2 is 2.00 bits per heavy atom. The molecule has 0 aliphatic heterocycles. The molecule has 8 heteroatoms. The number of aromatic nitrogens is 3. The van der Waals surface area contributed by atoms with Crippen LogP contribution in [-0.4, -0.2) is 20.7 Å². The van der Waals surface area contributed by atoms with Crippen molar-refractivity contribution in [3.63, 3.8) is 0 Å². The van der Waals surface area contributed by atoms with Crippen molar-refractivity contribution < 1.29 is 9.18 Å². The number of amides is 1. The third-order valence-corrected chi connectivity index (χ3v) is 2.94. The lowest BCUT2D eigenvalue weighted by Gasteiger charge is -2.05. The highest BCUT2D eigenvalue weighted by atomic mass is 79.9. The van der Waals surface area contributed by atoms with Crippen molar-refractivity contribution in [2.45, 2.75) is 6.54 Å². The van der Waals surface area contributed by atoms with Crippen LogP contribution in [0.15, 0.2) is 33.7 Å². The van der Waals surface area contributed by atoms with Crippen LogP contribution in [0.3, 0.4) is 0 Å². The molecule has 0 radical (unpaired) electrons. The Hall–Kier alpha value is -1.28. The van der Waals surface area contributed by atoms with Gasteiger partial charge in [-0.2, -0.15) is 4.98 Å². The van der Waals surface area contributed by atoms with E-state index in [9.17, 15) is 9.18 Å². The second kappa shape index (κ2) is 5.57. The minimum Gasteiger partial charge on any atom is -0.324 e. The van der Waals surface area contributed by atoms with Crippen molar-refractivity contribution in [2.24, 2.45) is 0 Å². The highest BCUT2D eigenvalue weighted by Gasteiger charge is 2.09. The first kappa shape index (κ1) is 13.2. The maximum atomic E-state index is 12.7. The average Bonchev–Trinajstić information content (AvgIpc) is 2.61. The highest BCUT2D eigenvalue weighted by Crippen LogP contribution is 2.12. The van der Waals surface area contributed by atoms with E-state index in [0.29, 0.717) is 15.2 Å². The Kier molecular flexibility index (Phi) is 4.07. The largest absolute Gasteiger partial charge is 0.324 e. The first-order valence-corrected chi connectivity index (χ1v) is 6.44. The molecule has 1 aromatic carbocycles. The topological polar surface area (TPSA) is 59.8 Å². The molecule has 0 atom stereocenters. The molecular formula is C10H7Br2FN4O. The van der Waals surface area contributed by atoms with Crippen LogP contribution < -0.4 is 5.32 Å². The van der Waals surface area contributed by atoms with Crippen LogP contribution in [0.25, 0.3) is 0 Å². The second-order valence-corrected chi connectivity index (χ2v) is 4.78. The number of benzene rings is 1. The van der Waals surface area contributed by atoms with Gasteiger partial charge in [-0.25, -0.2) is 9.07 Å². The molecule has 2 aromatic rings. The van der Waals surface area contributed by atoms with E-state index >= 15 is 0 Å². The quantitative estimate of drug-likeness (QED) is 0.894. The van der Waals surface area contributed by atoms with Crippen molar-refractivity contribution in [1.82, 2.24) is 14.8 Å². The van der Waals surface area contributed by atoms with Gasteiger partial charge in [0.05, 0.1) is 0 Å². The maximum Gasteiger partial charge on any atom is 0.246 e. The van der Waals surface area contributed by atoms with Crippen LogP contribution >= 0.6 is 31.9 Å². The Morgan fingerprint density at radius 1 is 1.33 bits per heavy atom. The van der Waals surface area contributed by atoms with Gasteiger partial charge in [0.2, 0.25) is 10.6 Å². The van der Waals surface area contributed by atoms with Crippen LogP contribution in [0.2, 0.25) is 0 Å². The van der Waals surface area contributed by atoms with Gasteiger partial charge < -0.3 is 5.32 Å². The molecule has 0 fully saturated rings. The van der Waals surface area contributed by atoms with Gasteiger partial charge in [-0.1, -0.05) is 0 Å². The molecule has 0 saturated carbocycles. The van der Waals surface area contributed by atoms with Crippen molar-refractivity contribution in [3.05, 3.63) is 39.6 Å². The predicted octanol–water partition coefficient (Wildman–Crippen LogP) is 2.58. The Balaban J connectivity index is 2.01. The van der Waals surface area contributed by atoms with E-state index < -0.39 is 0 Å². The normalized spacial score (nSPS) is 10.4. The van der Waals surface area contributed by atoms with Crippen LogP contribution in [0.5, 0.6) is 0 Å². The molecule has 0 unspecified atom stereocenters. The molecule has 0 aliphatic carbocycles. The van der Waals surface area contributed by atoms with Gasteiger partial charge in [-0.3, -0.25) is 4.79 Å². The summed E-state index contributed by atoms with van der Waals surface area (Å²) in [6.07, 6.45) is 0. The monoisotopic (exact) mass is 376 g/mol. The molecule has 18 heavy (non-hydrogen) atoms. The fourth-order valence-electron chi connectivity index (χ4n) is 1.27. The predicted molar refractivity (Wildman–Crippen MR) is 70.5 cm³/mol. The van der Waals surface area contributed by atoms with E-state index in [1.54, 1.807) is 0 Å². The molecule has 0 bridgehead atoms. The van der Waals surface area contributed by atoms with Gasteiger partial charge in [-0.15, -0.1) is 5.10 Å². The number of hydrogen-bond donors (Lipinski definition) is 1. The number of nitrogens with one attached hydrogen (secondary N) is 1. The molecule has 94 valence electrons. The second-order valence-electron chi connectivity index (χ2n) is 3.36. The van der Waals surface area contributed by atoms with Crippen LogP contribution in [0, 0.1) is 5.82 Å². The van der Waals surface area contributed by atoms with E-state index in [1.807, 2.05) is 0 Å². The maximum absolute atomic E-state index is 12.7. The standard InChI is InChI=1S/C10H7Br2FN4O/c11-9-15-10(12)17(16-9)5-8(18)14-7-3-1-6(13)2-4-7/h1-4H,5H2,(H,14,18). The van der Waals surface area contributed by atoms with Crippen LogP contribution in [-0.2, 0) is 11.3 Å². The zero-order valence-electron chi connectivity index (χ0n) is 8.90. The lowest BCUT2D eigenvalue weighted by atomic mass is 10.3. The van der Waals surface area contributed by atoms with E-state index in [2.05, 4.69) is 47.3 Å². The molecule has 0 spiro atoms. The summed E-state index contributed by atoms with van der Waals surface area (Å²) in [5.74, 6) is -0.629. The summed E-state index contributed by atoms with van der Waals surface area (Å²) in [6.45, 7) is 0.0105. The smallest absolute Gasteiger partial charge is 0.246 e. The number of halogens is 3. The molecule has 1 heterocycles. The minimum atomic E-state index is -0.351. The first-order chi connectivity index (χ1) is 8.54. The van der Waals surface area contributed by atoms with Crippen molar-refractivity contribution in [1.29, 1.82) is 0 Å². The summed E-state index contributed by atoms with van der Waals surface area (Å²) in [5.41, 5.74) is 0.525.